The van der Waals surface area contributed by atoms with Crippen LogP contribution in [0.4, 0.5) is 0 Å². The first-order valence-corrected chi connectivity index (χ1v) is 12.1. The molecular weight excluding hydrogens is 670 g/mol. The molecule has 2 aromatic carbocycles. The first-order valence-electron chi connectivity index (χ1n) is 8.74. The Morgan fingerprint density at radius 3 is 2.58 bits per heavy atom. The van der Waals surface area contributed by atoms with Crippen LogP contribution in [0.25, 0.3) is 17.5 Å². The molecule has 0 amide bonds. The summed E-state index contributed by atoms with van der Waals surface area (Å²) >= 11 is 11.2. The molecule has 3 aromatic rings. The van der Waals surface area contributed by atoms with E-state index in [0.717, 1.165) is 30.2 Å². The van der Waals surface area contributed by atoms with Crippen LogP contribution in [0.3, 0.4) is 0 Å². The number of carboxylic acids is 1. The number of methoxy groups -OCH3 is 1. The Labute approximate surface area is 214 Å². The molecule has 0 fully saturated rings. The van der Waals surface area contributed by atoms with Crippen LogP contribution in [-0.4, -0.2) is 35.0 Å². The van der Waals surface area contributed by atoms with E-state index in [2.05, 4.69) is 55.4 Å². The summed E-state index contributed by atoms with van der Waals surface area (Å²) in [5.41, 5.74) is 1.24. The molecule has 31 heavy (non-hydrogen) atoms. The predicted molar refractivity (Wildman–Crippen MR) is 136 cm³/mol. The van der Waals surface area contributed by atoms with Gasteiger partial charge in [-0.05, 0) is 106 Å². The third-order valence-electron chi connectivity index (χ3n) is 3.81. The summed E-state index contributed by atoms with van der Waals surface area (Å²) in [5.74, 6) is 0.361. The Bertz CT molecular complexity index is 1130. The van der Waals surface area contributed by atoms with E-state index in [9.17, 15) is 9.90 Å². The van der Waals surface area contributed by atoms with Crippen molar-refractivity contribution in [3.8, 4) is 23.0 Å². The van der Waals surface area contributed by atoms with Crippen LogP contribution in [0.5, 0.6) is 11.5 Å². The van der Waals surface area contributed by atoms with E-state index in [1.165, 1.54) is 7.11 Å². The minimum absolute atomic E-state index is 0.0315. The Balaban J connectivity index is 1.90. The molecule has 0 aliphatic rings. The summed E-state index contributed by atoms with van der Waals surface area (Å²) in [5, 5.41) is 18.2. The average Bonchev–Trinajstić information content (AvgIpc) is 3.18. The van der Waals surface area contributed by atoms with Crippen molar-refractivity contribution in [1.29, 1.82) is 0 Å². The standard InChI is InChI=1S/C20H15ClI2N2O5S/c1-3-29-17-13(22)6-10(7-14(17)23)8-16(19(26)27)31-20-25-24-18(30-20)12-9-11(21)4-5-15(12)28-2/h4-9H,3H2,1-2H3,(H,26,27)/b16-8-. The van der Waals surface area contributed by atoms with Crippen molar-refractivity contribution >= 4 is 80.6 Å². The molecule has 0 saturated carbocycles. The zero-order valence-corrected chi connectivity index (χ0v) is 22.1. The second kappa shape index (κ2) is 10.9. The van der Waals surface area contributed by atoms with Crippen LogP contribution in [0.2, 0.25) is 5.02 Å². The molecule has 1 heterocycles. The van der Waals surface area contributed by atoms with Gasteiger partial charge in [0.25, 0.3) is 11.1 Å². The highest BCUT2D eigenvalue weighted by Gasteiger charge is 2.19. The average molecular weight is 685 g/mol. The molecule has 3 rings (SSSR count). The number of nitrogens with zero attached hydrogens (tertiary/aromatic N) is 2. The van der Waals surface area contributed by atoms with Crippen molar-refractivity contribution in [3.05, 3.63) is 53.0 Å². The van der Waals surface area contributed by atoms with Gasteiger partial charge in [-0.1, -0.05) is 11.6 Å². The summed E-state index contributed by atoms with van der Waals surface area (Å²) in [4.78, 5) is 11.9. The van der Waals surface area contributed by atoms with Crippen LogP contribution in [0.15, 0.2) is 44.9 Å². The number of hydrogen-bond acceptors (Lipinski definition) is 7. The third kappa shape index (κ3) is 6.05. The third-order valence-corrected chi connectivity index (χ3v) is 6.50. The van der Waals surface area contributed by atoms with Crippen molar-refractivity contribution in [1.82, 2.24) is 10.2 Å². The number of rotatable bonds is 8. The van der Waals surface area contributed by atoms with E-state index in [1.807, 2.05) is 19.1 Å². The Hall–Kier alpha value is -1.51. The van der Waals surface area contributed by atoms with Gasteiger partial charge >= 0.3 is 5.97 Å². The van der Waals surface area contributed by atoms with Crippen molar-refractivity contribution in [2.75, 3.05) is 13.7 Å². The van der Waals surface area contributed by atoms with Crippen LogP contribution in [0, 0.1) is 7.14 Å². The number of halogens is 3. The fourth-order valence-corrected chi connectivity index (χ4v) is 5.51. The van der Waals surface area contributed by atoms with E-state index in [4.69, 9.17) is 25.5 Å². The van der Waals surface area contributed by atoms with Gasteiger partial charge in [-0.3, -0.25) is 0 Å². The smallest absolute Gasteiger partial charge is 0.342 e. The van der Waals surface area contributed by atoms with E-state index in [1.54, 1.807) is 24.3 Å². The molecule has 0 unspecified atom stereocenters. The molecule has 11 heteroatoms. The number of carbonyl (C=O) groups is 1. The normalized spacial score (nSPS) is 11.5. The summed E-state index contributed by atoms with van der Waals surface area (Å²) in [6.45, 7) is 2.46. The highest BCUT2D eigenvalue weighted by atomic mass is 127. The largest absolute Gasteiger partial charge is 0.496 e. The maximum atomic E-state index is 11.8. The first kappa shape index (κ1) is 24.1. The molecular formula is C20H15ClI2N2O5S. The molecule has 1 aromatic heterocycles. The summed E-state index contributed by atoms with van der Waals surface area (Å²) < 4.78 is 18.4. The lowest BCUT2D eigenvalue weighted by molar-refractivity contribution is -0.131. The lowest BCUT2D eigenvalue weighted by atomic mass is 10.2. The summed E-state index contributed by atoms with van der Waals surface area (Å²) in [6, 6.07) is 8.72. The molecule has 7 nitrogen and oxygen atoms in total. The Morgan fingerprint density at radius 1 is 1.26 bits per heavy atom. The maximum absolute atomic E-state index is 11.8. The van der Waals surface area contributed by atoms with Crippen molar-refractivity contribution in [2.24, 2.45) is 0 Å². The lowest BCUT2D eigenvalue weighted by Gasteiger charge is -2.09. The van der Waals surface area contributed by atoms with Gasteiger partial charge in [0.05, 0.1) is 26.4 Å². The molecule has 0 spiro atoms. The van der Waals surface area contributed by atoms with Gasteiger partial charge in [0.1, 0.15) is 16.4 Å². The van der Waals surface area contributed by atoms with Crippen LogP contribution in [-0.2, 0) is 4.79 Å². The molecule has 0 atom stereocenters. The number of carboxylic acid groups (broad SMARTS) is 1. The zero-order valence-electron chi connectivity index (χ0n) is 16.2. The number of aliphatic carboxylic acids is 1. The van der Waals surface area contributed by atoms with Crippen molar-refractivity contribution in [2.45, 2.75) is 12.1 Å². The topological polar surface area (TPSA) is 94.7 Å². The SMILES string of the molecule is CCOc1c(I)cc(/C=C(\Sc2nnc(-c3cc(Cl)ccc3OC)o2)C(=O)O)cc1I. The Kier molecular flexibility index (Phi) is 8.47. The lowest BCUT2D eigenvalue weighted by Crippen LogP contribution is -1.99. The number of aromatic nitrogens is 2. The highest BCUT2D eigenvalue weighted by Crippen LogP contribution is 2.36. The molecule has 0 aliphatic carbocycles. The molecule has 0 saturated heterocycles. The zero-order chi connectivity index (χ0) is 22.5. The monoisotopic (exact) mass is 684 g/mol. The number of ether oxygens (including phenoxy) is 2. The predicted octanol–water partition coefficient (Wildman–Crippen LogP) is 6.22. The maximum Gasteiger partial charge on any atom is 0.342 e. The number of thioether (sulfide) groups is 1. The fourth-order valence-electron chi connectivity index (χ4n) is 2.53. The van der Waals surface area contributed by atoms with E-state index in [0.29, 0.717) is 22.9 Å². The molecule has 162 valence electrons. The van der Waals surface area contributed by atoms with Crippen LogP contribution in [0.1, 0.15) is 12.5 Å². The van der Waals surface area contributed by atoms with Crippen LogP contribution < -0.4 is 9.47 Å². The van der Waals surface area contributed by atoms with Gasteiger partial charge < -0.3 is 19.0 Å². The second-order valence-corrected chi connectivity index (χ2v) is 9.63. The Morgan fingerprint density at radius 2 is 1.97 bits per heavy atom. The number of benzene rings is 2. The quantitative estimate of drug-likeness (QED) is 0.170. The van der Waals surface area contributed by atoms with Crippen molar-refractivity contribution in [3.63, 3.8) is 0 Å². The summed E-state index contributed by atoms with van der Waals surface area (Å²) in [7, 11) is 1.52. The molecule has 0 aliphatic heterocycles. The minimum atomic E-state index is -1.11. The minimum Gasteiger partial charge on any atom is -0.496 e. The van der Waals surface area contributed by atoms with Crippen molar-refractivity contribution < 1.29 is 23.8 Å². The summed E-state index contributed by atoms with van der Waals surface area (Å²) in [6.07, 6.45) is 1.55. The highest BCUT2D eigenvalue weighted by molar-refractivity contribution is 14.1. The van der Waals surface area contributed by atoms with Gasteiger partial charge in [-0.25, -0.2) is 4.79 Å². The molecule has 0 radical (unpaired) electrons. The van der Waals surface area contributed by atoms with Gasteiger partial charge in [-0.15, -0.1) is 10.2 Å². The molecule has 1 N–H and O–H groups in total. The van der Waals surface area contributed by atoms with E-state index < -0.39 is 5.97 Å². The number of hydrogen-bond donors (Lipinski definition) is 1. The van der Waals surface area contributed by atoms with E-state index >= 15 is 0 Å². The van der Waals surface area contributed by atoms with Gasteiger partial charge in [0, 0.05) is 5.02 Å². The van der Waals surface area contributed by atoms with E-state index in [-0.39, 0.29) is 16.0 Å². The second-order valence-electron chi connectivity index (χ2n) is 5.88. The fraction of sp³-hybridized carbons (Fsp3) is 0.150. The van der Waals surface area contributed by atoms with Gasteiger partial charge in [0.2, 0.25) is 0 Å². The molecule has 0 bridgehead atoms. The van der Waals surface area contributed by atoms with Crippen LogP contribution >= 0.6 is 68.5 Å². The van der Waals surface area contributed by atoms with Gasteiger partial charge in [0.15, 0.2) is 0 Å². The first-order chi connectivity index (χ1) is 14.8. The van der Waals surface area contributed by atoms with Gasteiger partial charge in [-0.2, -0.15) is 0 Å².